The largest absolute Gasteiger partial charge is 0.460 e. The van der Waals surface area contributed by atoms with Crippen LogP contribution in [0.25, 0.3) is 0 Å². The molecule has 0 aliphatic rings. The van der Waals surface area contributed by atoms with E-state index in [0.29, 0.717) is 4.99 Å². The monoisotopic (exact) mass is 361 g/mol. The third-order valence-electron chi connectivity index (χ3n) is 1.77. The van der Waals surface area contributed by atoms with E-state index in [1.807, 2.05) is 0 Å². The van der Waals surface area contributed by atoms with Crippen LogP contribution >= 0.6 is 0 Å². The van der Waals surface area contributed by atoms with Gasteiger partial charge in [0, 0.05) is 0 Å². The SMILES string of the molecule is O=C(N=C(C(F)(F)F)C(F)(F)F)C(F)(F)C(F)(F)C(F)(F)F. The summed E-state index contributed by atoms with van der Waals surface area (Å²) in [5.74, 6) is -18.5. The Morgan fingerprint density at radius 2 is 0.955 bits per heavy atom. The van der Waals surface area contributed by atoms with E-state index in [-0.39, 0.29) is 0 Å². The summed E-state index contributed by atoms with van der Waals surface area (Å²) < 4.78 is 156. The van der Waals surface area contributed by atoms with Crippen LogP contribution in [0.3, 0.4) is 0 Å². The van der Waals surface area contributed by atoms with Crippen LogP contribution in [-0.4, -0.2) is 42.0 Å². The molecule has 0 rings (SSSR count). The normalized spacial score (nSPS) is 14.8. The van der Waals surface area contributed by atoms with Gasteiger partial charge in [-0.25, -0.2) is 0 Å². The fourth-order valence-electron chi connectivity index (χ4n) is 0.772. The highest BCUT2D eigenvalue weighted by Gasteiger charge is 2.76. The van der Waals surface area contributed by atoms with E-state index in [2.05, 4.69) is 0 Å². The van der Waals surface area contributed by atoms with Gasteiger partial charge < -0.3 is 0 Å². The van der Waals surface area contributed by atoms with Gasteiger partial charge in [-0.3, -0.25) is 4.79 Å². The third kappa shape index (κ3) is 3.79. The molecule has 0 aliphatic carbocycles. The predicted octanol–water partition coefficient (Wildman–Crippen LogP) is 3.91. The van der Waals surface area contributed by atoms with Gasteiger partial charge in [-0.1, -0.05) is 0 Å². The van der Waals surface area contributed by atoms with Crippen molar-refractivity contribution in [3.05, 3.63) is 0 Å². The number of hydrogen-bond acceptors (Lipinski definition) is 1. The van der Waals surface area contributed by atoms with Gasteiger partial charge in [0.05, 0.1) is 0 Å². The molecule has 0 unspecified atom stereocenters. The molecule has 0 aromatic carbocycles. The summed E-state index contributed by atoms with van der Waals surface area (Å²) in [6, 6.07) is 0. The summed E-state index contributed by atoms with van der Waals surface area (Å²) >= 11 is 0. The van der Waals surface area contributed by atoms with Crippen molar-refractivity contribution in [1.29, 1.82) is 0 Å². The quantitative estimate of drug-likeness (QED) is 0.542. The number of nitrogens with zero attached hydrogens (tertiary/aromatic N) is 1. The molecule has 22 heavy (non-hydrogen) atoms. The predicted molar refractivity (Wildman–Crippen MR) is 40.5 cm³/mol. The van der Waals surface area contributed by atoms with Gasteiger partial charge in [-0.2, -0.15) is 62.1 Å². The van der Waals surface area contributed by atoms with E-state index in [4.69, 9.17) is 0 Å². The lowest BCUT2D eigenvalue weighted by molar-refractivity contribution is -0.343. The molecule has 0 saturated heterocycles. The molecular weight excluding hydrogens is 361 g/mol. The van der Waals surface area contributed by atoms with Crippen LogP contribution in [0.5, 0.6) is 0 Å². The summed E-state index contributed by atoms with van der Waals surface area (Å²) in [7, 11) is 0. The number of carbonyl (C=O) groups excluding carboxylic acids is 1. The summed E-state index contributed by atoms with van der Waals surface area (Å²) in [6.45, 7) is 0. The van der Waals surface area contributed by atoms with Crippen LogP contribution in [-0.2, 0) is 4.79 Å². The number of carbonyl (C=O) groups is 1. The number of aliphatic imine (C=N–C) groups is 1. The Morgan fingerprint density at radius 3 is 1.18 bits per heavy atom. The van der Waals surface area contributed by atoms with Crippen LogP contribution in [0, 0.1) is 0 Å². The molecular formula is C7F13NO. The number of hydrogen-bond donors (Lipinski definition) is 0. The van der Waals surface area contributed by atoms with Crippen molar-refractivity contribution in [2.75, 3.05) is 0 Å². The van der Waals surface area contributed by atoms with E-state index in [0.717, 1.165) is 0 Å². The van der Waals surface area contributed by atoms with E-state index >= 15 is 0 Å². The van der Waals surface area contributed by atoms with Crippen LogP contribution in [0.15, 0.2) is 4.99 Å². The van der Waals surface area contributed by atoms with E-state index in [1.165, 1.54) is 0 Å². The van der Waals surface area contributed by atoms with Gasteiger partial charge in [0.15, 0.2) is 0 Å². The number of halogens is 13. The minimum Gasteiger partial charge on any atom is -0.265 e. The molecule has 0 heterocycles. The Hall–Kier alpha value is -1.57. The van der Waals surface area contributed by atoms with Gasteiger partial charge in [-0.15, -0.1) is 0 Å². The summed E-state index contributed by atoms with van der Waals surface area (Å²) in [5, 5.41) is 0. The molecule has 0 spiro atoms. The first-order chi connectivity index (χ1) is 9.26. The average molecular weight is 361 g/mol. The Kier molecular flexibility index (Phi) is 4.88. The molecule has 0 bridgehead atoms. The summed E-state index contributed by atoms with van der Waals surface area (Å²) in [4.78, 5) is 11.0. The second-order valence-corrected chi connectivity index (χ2v) is 3.41. The lowest BCUT2D eigenvalue weighted by Crippen LogP contribution is -2.56. The molecule has 0 saturated carbocycles. The van der Waals surface area contributed by atoms with E-state index in [9.17, 15) is 61.9 Å². The topological polar surface area (TPSA) is 29.4 Å². The zero-order chi connectivity index (χ0) is 18.4. The Balaban J connectivity index is 6.01. The molecule has 0 aromatic heterocycles. The van der Waals surface area contributed by atoms with Crippen molar-refractivity contribution < 1.29 is 61.9 Å². The average Bonchev–Trinajstić information content (AvgIpc) is 2.19. The molecule has 130 valence electrons. The van der Waals surface area contributed by atoms with Crippen LogP contribution in [0.2, 0.25) is 0 Å². The highest BCUT2D eigenvalue weighted by atomic mass is 19.4. The van der Waals surface area contributed by atoms with Crippen molar-refractivity contribution >= 4 is 11.6 Å². The summed E-state index contributed by atoms with van der Waals surface area (Å²) in [5.41, 5.74) is -4.21. The molecule has 2 nitrogen and oxygen atoms in total. The Bertz CT molecular complexity index is 448. The van der Waals surface area contributed by atoms with Crippen molar-refractivity contribution in [3.8, 4) is 0 Å². The highest BCUT2D eigenvalue weighted by molar-refractivity contribution is 6.04. The van der Waals surface area contributed by atoms with Crippen LogP contribution in [0.1, 0.15) is 0 Å². The Morgan fingerprint density at radius 1 is 0.636 bits per heavy atom. The highest BCUT2D eigenvalue weighted by Crippen LogP contribution is 2.47. The van der Waals surface area contributed by atoms with Crippen LogP contribution in [0.4, 0.5) is 57.1 Å². The van der Waals surface area contributed by atoms with Gasteiger partial charge in [0.2, 0.25) is 5.71 Å². The molecule has 15 heteroatoms. The lowest BCUT2D eigenvalue weighted by Gasteiger charge is -2.25. The molecule has 0 aromatic rings. The minimum atomic E-state index is -7.23. The maximum absolute atomic E-state index is 12.6. The van der Waals surface area contributed by atoms with Crippen LogP contribution < -0.4 is 0 Å². The standard InChI is InChI=1S/C7F13NO/c8-3(9,6(16,17)7(18,19)20)2(22)21-1(4(10,11)12)5(13,14)15. The number of rotatable bonds is 2. The zero-order valence-electron chi connectivity index (χ0n) is 9.27. The molecule has 0 radical (unpaired) electrons. The van der Waals surface area contributed by atoms with E-state index in [1.54, 1.807) is 0 Å². The van der Waals surface area contributed by atoms with Crippen molar-refractivity contribution in [3.63, 3.8) is 0 Å². The van der Waals surface area contributed by atoms with Gasteiger partial charge >= 0.3 is 36.3 Å². The first kappa shape index (κ1) is 20.4. The molecule has 1 amide bonds. The van der Waals surface area contributed by atoms with Crippen molar-refractivity contribution in [1.82, 2.24) is 0 Å². The van der Waals surface area contributed by atoms with Gasteiger partial charge in [0.1, 0.15) is 0 Å². The first-order valence-electron chi connectivity index (χ1n) is 4.36. The number of amides is 1. The fourth-order valence-corrected chi connectivity index (χ4v) is 0.772. The maximum Gasteiger partial charge on any atom is 0.460 e. The zero-order valence-corrected chi connectivity index (χ0v) is 9.27. The second kappa shape index (κ2) is 5.26. The maximum atomic E-state index is 12.6. The van der Waals surface area contributed by atoms with Gasteiger partial charge in [0.25, 0.3) is 0 Å². The summed E-state index contributed by atoms with van der Waals surface area (Å²) in [6.07, 6.45) is -20.3. The van der Waals surface area contributed by atoms with Crippen molar-refractivity contribution in [2.24, 2.45) is 4.99 Å². The Labute approximate surface area is 110 Å². The lowest BCUT2D eigenvalue weighted by atomic mass is 10.1. The molecule has 0 fully saturated rings. The fraction of sp³-hybridized carbons (Fsp3) is 0.714. The number of alkyl halides is 13. The van der Waals surface area contributed by atoms with E-state index < -0.39 is 42.0 Å². The minimum absolute atomic E-state index is 0.668. The molecule has 0 atom stereocenters. The smallest absolute Gasteiger partial charge is 0.265 e. The third-order valence-corrected chi connectivity index (χ3v) is 1.77. The second-order valence-electron chi connectivity index (χ2n) is 3.41. The molecule has 0 N–H and O–H groups in total. The first-order valence-corrected chi connectivity index (χ1v) is 4.36. The van der Waals surface area contributed by atoms with Gasteiger partial charge in [-0.05, 0) is 0 Å². The molecule has 0 aliphatic heterocycles. The van der Waals surface area contributed by atoms with Crippen molar-refractivity contribution in [2.45, 2.75) is 30.4 Å².